The number of aliphatic hydroxyl groups excluding tert-OH is 2. The van der Waals surface area contributed by atoms with Crippen LogP contribution in [0.5, 0.6) is 0 Å². The van der Waals surface area contributed by atoms with E-state index >= 15 is 0 Å². The third kappa shape index (κ3) is 7.58. The molecule has 8 nitrogen and oxygen atoms in total. The maximum absolute atomic E-state index is 10.6. The van der Waals surface area contributed by atoms with Crippen LogP contribution in [0.25, 0.3) is 0 Å². The first-order chi connectivity index (χ1) is 7.95. The molecular formula is C10H18O8. The minimum atomic E-state index is -2.27. The molecule has 106 valence electrons. The molecule has 0 spiro atoms. The van der Waals surface area contributed by atoms with Crippen LogP contribution in [0.1, 0.15) is 20.8 Å². The van der Waals surface area contributed by atoms with Gasteiger partial charge in [-0.15, -0.1) is 0 Å². The van der Waals surface area contributed by atoms with Crippen LogP contribution in [-0.2, 0) is 19.1 Å². The first kappa shape index (κ1) is 18.7. The fourth-order valence-corrected chi connectivity index (χ4v) is 0.576. The molecule has 0 amide bonds. The van der Waals surface area contributed by atoms with Crippen molar-refractivity contribution in [1.29, 1.82) is 0 Å². The Kier molecular flexibility index (Phi) is 7.91. The summed E-state index contributed by atoms with van der Waals surface area (Å²) in [6, 6.07) is 0. The Morgan fingerprint density at radius 2 is 1.22 bits per heavy atom. The summed E-state index contributed by atoms with van der Waals surface area (Å²) in [5, 5.41) is 32.5. The molecule has 0 aromatic rings. The van der Waals surface area contributed by atoms with Crippen LogP contribution >= 0.6 is 0 Å². The number of carboxylic acid groups (broad SMARTS) is 2. The topological polar surface area (TPSA) is 141 Å². The van der Waals surface area contributed by atoms with Crippen molar-refractivity contribution >= 4 is 17.9 Å². The van der Waals surface area contributed by atoms with E-state index in [9.17, 15) is 14.4 Å². The molecule has 18 heavy (non-hydrogen) atoms. The Balaban J connectivity index is 0. The highest BCUT2D eigenvalue weighted by Gasteiger charge is 2.29. The van der Waals surface area contributed by atoms with E-state index < -0.39 is 24.1 Å². The van der Waals surface area contributed by atoms with Gasteiger partial charge in [-0.2, -0.15) is 0 Å². The van der Waals surface area contributed by atoms with Crippen LogP contribution in [-0.4, -0.2) is 57.7 Å². The largest absolute Gasteiger partial charge is 0.479 e. The number of esters is 1. The van der Waals surface area contributed by atoms with E-state index in [4.69, 9.17) is 20.4 Å². The van der Waals surface area contributed by atoms with E-state index in [1.807, 2.05) is 20.8 Å². The van der Waals surface area contributed by atoms with Gasteiger partial charge in [0.1, 0.15) is 0 Å². The lowest BCUT2D eigenvalue weighted by Gasteiger charge is -2.13. The van der Waals surface area contributed by atoms with E-state index in [0.717, 1.165) is 0 Å². The molecule has 8 heteroatoms. The maximum atomic E-state index is 10.6. The van der Waals surface area contributed by atoms with Gasteiger partial charge < -0.3 is 25.2 Å². The van der Waals surface area contributed by atoms with Gasteiger partial charge in [0.2, 0.25) is 0 Å². The lowest BCUT2D eigenvalue weighted by Crippen LogP contribution is -2.39. The monoisotopic (exact) mass is 266 g/mol. The molecule has 0 heterocycles. The van der Waals surface area contributed by atoms with Crippen molar-refractivity contribution < 1.29 is 39.5 Å². The van der Waals surface area contributed by atoms with Gasteiger partial charge in [-0.1, -0.05) is 0 Å². The molecule has 0 saturated heterocycles. The van der Waals surface area contributed by atoms with Crippen molar-refractivity contribution in [3.05, 3.63) is 0 Å². The molecule has 2 atom stereocenters. The zero-order valence-corrected chi connectivity index (χ0v) is 10.6. The fraction of sp³-hybridized carbons (Fsp3) is 0.700. The molecule has 0 aromatic carbocycles. The standard InChI is InChI=1S/C6H12O2.C4H6O6/c1-6(2,3)5(7)8-4;5-1(3(7)8)2(6)4(9)10/h1-4H3;1-2,5-6H,(H,7,8)(H,9,10). The molecule has 2 unspecified atom stereocenters. The number of aliphatic hydroxyl groups is 2. The van der Waals surface area contributed by atoms with Crippen molar-refractivity contribution in [2.45, 2.75) is 33.0 Å². The number of carbonyl (C=O) groups excluding carboxylic acids is 1. The molecule has 0 fully saturated rings. The molecule has 0 aliphatic carbocycles. The second-order valence-electron chi connectivity index (χ2n) is 4.31. The zero-order valence-electron chi connectivity index (χ0n) is 10.6. The second kappa shape index (κ2) is 7.62. The Morgan fingerprint density at radius 1 is 0.944 bits per heavy atom. The van der Waals surface area contributed by atoms with E-state index in [0.29, 0.717) is 0 Å². The van der Waals surface area contributed by atoms with Crippen LogP contribution < -0.4 is 0 Å². The average molecular weight is 266 g/mol. The molecular weight excluding hydrogens is 248 g/mol. The average Bonchev–Trinajstić information content (AvgIpc) is 2.25. The van der Waals surface area contributed by atoms with E-state index in [1.54, 1.807) is 0 Å². The van der Waals surface area contributed by atoms with E-state index in [2.05, 4.69) is 4.74 Å². The van der Waals surface area contributed by atoms with Gasteiger partial charge in [0, 0.05) is 0 Å². The first-order valence-electron chi connectivity index (χ1n) is 4.85. The third-order valence-corrected chi connectivity index (χ3v) is 1.60. The molecule has 0 rings (SSSR count). The quantitative estimate of drug-likeness (QED) is 0.481. The number of hydrogen-bond donors (Lipinski definition) is 4. The van der Waals surface area contributed by atoms with E-state index in [-0.39, 0.29) is 11.4 Å². The molecule has 0 bridgehead atoms. The minimum absolute atomic E-state index is 0.169. The number of carboxylic acids is 2. The van der Waals surface area contributed by atoms with Crippen LogP contribution in [0, 0.1) is 5.41 Å². The molecule has 0 aliphatic rings. The number of methoxy groups -OCH3 is 1. The first-order valence-corrected chi connectivity index (χ1v) is 4.85. The Labute approximate surface area is 104 Å². The van der Waals surface area contributed by atoms with Gasteiger partial charge in [-0.05, 0) is 20.8 Å². The Morgan fingerprint density at radius 3 is 1.28 bits per heavy atom. The Hall–Kier alpha value is -1.67. The number of rotatable bonds is 3. The summed E-state index contributed by atoms with van der Waals surface area (Å²) < 4.78 is 4.48. The fourth-order valence-electron chi connectivity index (χ4n) is 0.576. The maximum Gasteiger partial charge on any atom is 0.335 e. The second-order valence-corrected chi connectivity index (χ2v) is 4.31. The highest BCUT2D eigenvalue weighted by molar-refractivity contribution is 5.83. The van der Waals surface area contributed by atoms with Crippen LogP contribution in [0.4, 0.5) is 0 Å². The number of carbonyl (C=O) groups is 3. The van der Waals surface area contributed by atoms with Crippen LogP contribution in [0.15, 0.2) is 0 Å². The lowest BCUT2D eigenvalue weighted by atomic mass is 9.98. The van der Waals surface area contributed by atoms with Gasteiger partial charge >= 0.3 is 17.9 Å². The predicted molar refractivity (Wildman–Crippen MR) is 58.8 cm³/mol. The smallest absolute Gasteiger partial charge is 0.335 e. The minimum Gasteiger partial charge on any atom is -0.479 e. The molecule has 0 aromatic heterocycles. The third-order valence-electron chi connectivity index (χ3n) is 1.60. The van der Waals surface area contributed by atoms with Crippen molar-refractivity contribution in [2.24, 2.45) is 5.41 Å². The Bertz CT molecular complexity index is 285. The van der Waals surface area contributed by atoms with Crippen molar-refractivity contribution in [2.75, 3.05) is 7.11 Å². The number of ether oxygens (including phenoxy) is 1. The van der Waals surface area contributed by atoms with Gasteiger partial charge in [0.25, 0.3) is 0 Å². The van der Waals surface area contributed by atoms with Crippen LogP contribution in [0.3, 0.4) is 0 Å². The van der Waals surface area contributed by atoms with Crippen LogP contribution in [0.2, 0.25) is 0 Å². The SMILES string of the molecule is COC(=O)C(C)(C)C.O=C(O)C(O)C(O)C(=O)O. The number of hydrogen-bond acceptors (Lipinski definition) is 6. The molecule has 0 aliphatic heterocycles. The summed E-state index contributed by atoms with van der Waals surface area (Å²) in [4.78, 5) is 30.2. The summed E-state index contributed by atoms with van der Waals surface area (Å²) >= 11 is 0. The molecule has 4 N–H and O–H groups in total. The zero-order chi connectivity index (χ0) is 15.1. The van der Waals surface area contributed by atoms with Gasteiger partial charge in [-0.25, -0.2) is 9.59 Å². The van der Waals surface area contributed by atoms with Gasteiger partial charge in [0.15, 0.2) is 12.2 Å². The summed E-state index contributed by atoms with van der Waals surface area (Å²) in [7, 11) is 1.40. The summed E-state index contributed by atoms with van der Waals surface area (Å²) in [5.74, 6) is -3.71. The van der Waals surface area contributed by atoms with Crippen molar-refractivity contribution in [1.82, 2.24) is 0 Å². The summed E-state index contributed by atoms with van der Waals surface area (Å²) in [6.45, 7) is 5.45. The van der Waals surface area contributed by atoms with E-state index in [1.165, 1.54) is 7.11 Å². The summed E-state index contributed by atoms with van der Waals surface area (Å²) in [5.41, 5.74) is -0.352. The molecule has 0 saturated carbocycles. The van der Waals surface area contributed by atoms with Crippen molar-refractivity contribution in [3.63, 3.8) is 0 Å². The summed E-state index contributed by atoms with van der Waals surface area (Å²) in [6.07, 6.45) is -4.53. The normalized spacial score (nSPS) is 13.7. The van der Waals surface area contributed by atoms with Crippen molar-refractivity contribution in [3.8, 4) is 0 Å². The predicted octanol–water partition coefficient (Wildman–Crippen LogP) is -0.917. The highest BCUT2D eigenvalue weighted by atomic mass is 16.5. The lowest BCUT2D eigenvalue weighted by molar-refractivity contribution is -0.165. The highest BCUT2D eigenvalue weighted by Crippen LogP contribution is 2.13. The van der Waals surface area contributed by atoms with Gasteiger partial charge in [-0.3, -0.25) is 4.79 Å². The number of aliphatic carboxylic acids is 2. The molecule has 0 radical (unpaired) electrons. The van der Waals surface area contributed by atoms with Gasteiger partial charge in [0.05, 0.1) is 12.5 Å².